The fraction of sp³-hybridized carbons (Fsp3) is 0.400. The molecule has 0 unspecified atom stereocenters. The molecule has 104 valence electrons. The number of anilines is 1. The summed E-state index contributed by atoms with van der Waals surface area (Å²) < 4.78 is 0. The van der Waals surface area contributed by atoms with Gasteiger partial charge in [-0.05, 0) is 12.0 Å². The van der Waals surface area contributed by atoms with Crippen molar-refractivity contribution < 1.29 is 0 Å². The number of rotatable bonds is 3. The fourth-order valence-electron chi connectivity index (χ4n) is 2.34. The third kappa shape index (κ3) is 2.77. The molecule has 0 bridgehead atoms. The van der Waals surface area contributed by atoms with Crippen LogP contribution in [-0.2, 0) is 6.42 Å². The summed E-state index contributed by atoms with van der Waals surface area (Å²) in [5.74, 6) is 0.726. The van der Waals surface area contributed by atoms with E-state index in [1.54, 1.807) is 6.20 Å². The van der Waals surface area contributed by atoms with E-state index in [-0.39, 0.29) is 0 Å². The van der Waals surface area contributed by atoms with Crippen molar-refractivity contribution in [2.45, 2.75) is 13.3 Å². The number of hydrogen-bond acceptors (Lipinski definition) is 5. The van der Waals surface area contributed by atoms with Gasteiger partial charge in [0.2, 0.25) is 5.95 Å². The highest BCUT2D eigenvalue weighted by Crippen LogP contribution is 2.19. The van der Waals surface area contributed by atoms with Crippen LogP contribution in [0, 0.1) is 0 Å². The molecule has 0 saturated carbocycles. The van der Waals surface area contributed by atoms with E-state index < -0.39 is 0 Å². The molecular weight excluding hydrogens is 250 g/mol. The summed E-state index contributed by atoms with van der Waals surface area (Å²) in [6.45, 7) is 5.96. The summed E-state index contributed by atoms with van der Waals surface area (Å²) in [6.07, 6.45) is 2.78. The highest BCUT2D eigenvalue weighted by Gasteiger charge is 2.14. The summed E-state index contributed by atoms with van der Waals surface area (Å²) in [5, 5.41) is 11.6. The molecule has 5 heteroatoms. The molecule has 1 saturated heterocycles. The van der Waals surface area contributed by atoms with Gasteiger partial charge in [-0.2, -0.15) is 5.10 Å². The third-order valence-electron chi connectivity index (χ3n) is 3.61. The SMILES string of the molecule is CCc1ccc(-c2cnnc(N3CCNCC3)n2)cc1. The van der Waals surface area contributed by atoms with Gasteiger partial charge < -0.3 is 10.2 Å². The number of benzene rings is 1. The average molecular weight is 269 g/mol. The van der Waals surface area contributed by atoms with E-state index >= 15 is 0 Å². The van der Waals surface area contributed by atoms with Gasteiger partial charge in [0.1, 0.15) is 0 Å². The molecule has 2 aromatic rings. The number of hydrogen-bond donors (Lipinski definition) is 1. The Bertz CT molecular complexity index is 561. The van der Waals surface area contributed by atoms with Crippen molar-refractivity contribution >= 4 is 5.95 Å². The lowest BCUT2D eigenvalue weighted by Crippen LogP contribution is -2.44. The van der Waals surface area contributed by atoms with E-state index in [9.17, 15) is 0 Å². The molecule has 0 radical (unpaired) electrons. The van der Waals surface area contributed by atoms with Crippen molar-refractivity contribution in [1.29, 1.82) is 0 Å². The van der Waals surface area contributed by atoms with Gasteiger partial charge in [0, 0.05) is 31.7 Å². The van der Waals surface area contributed by atoms with Crippen LogP contribution in [0.5, 0.6) is 0 Å². The highest BCUT2D eigenvalue weighted by molar-refractivity contribution is 5.59. The lowest BCUT2D eigenvalue weighted by Gasteiger charge is -2.26. The molecule has 1 aliphatic heterocycles. The lowest BCUT2D eigenvalue weighted by atomic mass is 10.1. The first-order chi connectivity index (χ1) is 9.86. The molecule has 0 spiro atoms. The largest absolute Gasteiger partial charge is 0.337 e. The summed E-state index contributed by atoms with van der Waals surface area (Å²) in [4.78, 5) is 6.82. The van der Waals surface area contributed by atoms with Gasteiger partial charge in [0.15, 0.2) is 0 Å². The van der Waals surface area contributed by atoms with Crippen LogP contribution >= 0.6 is 0 Å². The van der Waals surface area contributed by atoms with Gasteiger partial charge in [0.25, 0.3) is 0 Å². The second-order valence-corrected chi connectivity index (χ2v) is 4.93. The second kappa shape index (κ2) is 5.96. The third-order valence-corrected chi connectivity index (χ3v) is 3.61. The Morgan fingerprint density at radius 3 is 2.60 bits per heavy atom. The quantitative estimate of drug-likeness (QED) is 0.915. The van der Waals surface area contributed by atoms with Gasteiger partial charge in [-0.3, -0.25) is 0 Å². The van der Waals surface area contributed by atoms with Crippen LogP contribution in [0.25, 0.3) is 11.3 Å². The van der Waals surface area contributed by atoms with E-state index in [1.165, 1.54) is 5.56 Å². The molecule has 20 heavy (non-hydrogen) atoms. The Morgan fingerprint density at radius 2 is 1.90 bits per heavy atom. The van der Waals surface area contributed by atoms with E-state index in [0.717, 1.165) is 49.8 Å². The van der Waals surface area contributed by atoms with Crippen LogP contribution in [0.2, 0.25) is 0 Å². The Morgan fingerprint density at radius 1 is 1.15 bits per heavy atom. The molecule has 5 nitrogen and oxygen atoms in total. The standard InChI is InChI=1S/C15H19N5/c1-2-12-3-5-13(6-4-12)14-11-17-19-15(18-14)20-9-7-16-8-10-20/h3-6,11,16H,2,7-10H2,1H3. The number of aromatic nitrogens is 3. The number of piperazine rings is 1. The first kappa shape index (κ1) is 13.0. The molecule has 3 rings (SSSR count). The molecule has 0 amide bonds. The predicted molar refractivity (Wildman–Crippen MR) is 79.7 cm³/mol. The van der Waals surface area contributed by atoms with E-state index in [2.05, 4.69) is 56.6 Å². The van der Waals surface area contributed by atoms with E-state index in [1.807, 2.05) is 0 Å². The predicted octanol–water partition coefficient (Wildman–Crippen LogP) is 1.51. The Balaban J connectivity index is 1.85. The molecule has 2 heterocycles. The van der Waals surface area contributed by atoms with Crippen molar-refractivity contribution in [2.24, 2.45) is 0 Å². The monoisotopic (exact) mass is 269 g/mol. The molecule has 1 fully saturated rings. The average Bonchev–Trinajstić information content (AvgIpc) is 2.56. The molecule has 0 atom stereocenters. The maximum Gasteiger partial charge on any atom is 0.245 e. The molecule has 0 aliphatic carbocycles. The van der Waals surface area contributed by atoms with Crippen molar-refractivity contribution in [3.05, 3.63) is 36.0 Å². The Hall–Kier alpha value is -2.01. The number of nitrogens with zero attached hydrogens (tertiary/aromatic N) is 4. The van der Waals surface area contributed by atoms with E-state index in [4.69, 9.17) is 0 Å². The first-order valence-corrected chi connectivity index (χ1v) is 7.11. The minimum Gasteiger partial charge on any atom is -0.337 e. The fourth-order valence-corrected chi connectivity index (χ4v) is 2.34. The minimum absolute atomic E-state index is 0.726. The topological polar surface area (TPSA) is 53.9 Å². The molecule has 1 aromatic carbocycles. The Kier molecular flexibility index (Phi) is 3.87. The maximum atomic E-state index is 4.65. The van der Waals surface area contributed by atoms with Gasteiger partial charge >= 0.3 is 0 Å². The van der Waals surface area contributed by atoms with E-state index in [0.29, 0.717) is 0 Å². The Labute approximate surface area is 119 Å². The minimum atomic E-state index is 0.726. The molecule has 1 aliphatic rings. The van der Waals surface area contributed by atoms with Crippen LogP contribution < -0.4 is 10.2 Å². The molecular formula is C15H19N5. The lowest BCUT2D eigenvalue weighted by molar-refractivity contribution is 0.577. The zero-order chi connectivity index (χ0) is 13.8. The maximum absolute atomic E-state index is 4.65. The van der Waals surface area contributed by atoms with Crippen molar-refractivity contribution in [3.63, 3.8) is 0 Å². The smallest absolute Gasteiger partial charge is 0.245 e. The van der Waals surface area contributed by atoms with Crippen molar-refractivity contribution in [1.82, 2.24) is 20.5 Å². The van der Waals surface area contributed by atoms with Crippen LogP contribution in [0.1, 0.15) is 12.5 Å². The molecule has 1 aromatic heterocycles. The van der Waals surface area contributed by atoms with Crippen LogP contribution in [0.4, 0.5) is 5.95 Å². The van der Waals surface area contributed by atoms with Crippen LogP contribution in [0.3, 0.4) is 0 Å². The van der Waals surface area contributed by atoms with Gasteiger partial charge in [0.05, 0.1) is 11.9 Å². The van der Waals surface area contributed by atoms with Crippen LogP contribution in [0.15, 0.2) is 30.5 Å². The van der Waals surface area contributed by atoms with Crippen molar-refractivity contribution in [3.8, 4) is 11.3 Å². The highest BCUT2D eigenvalue weighted by atomic mass is 15.3. The summed E-state index contributed by atoms with van der Waals surface area (Å²) in [5.41, 5.74) is 3.31. The molecule has 1 N–H and O–H groups in total. The van der Waals surface area contributed by atoms with Gasteiger partial charge in [-0.15, -0.1) is 5.10 Å². The summed E-state index contributed by atoms with van der Waals surface area (Å²) in [6, 6.07) is 8.48. The van der Waals surface area contributed by atoms with Gasteiger partial charge in [-0.25, -0.2) is 4.98 Å². The zero-order valence-electron chi connectivity index (χ0n) is 11.7. The normalized spacial score (nSPS) is 15.3. The number of aryl methyl sites for hydroxylation is 1. The summed E-state index contributed by atoms with van der Waals surface area (Å²) in [7, 11) is 0. The number of nitrogens with one attached hydrogen (secondary N) is 1. The first-order valence-electron chi connectivity index (χ1n) is 7.11. The van der Waals surface area contributed by atoms with Crippen LogP contribution in [-0.4, -0.2) is 41.4 Å². The zero-order valence-corrected chi connectivity index (χ0v) is 11.7. The van der Waals surface area contributed by atoms with Gasteiger partial charge in [-0.1, -0.05) is 31.2 Å². The second-order valence-electron chi connectivity index (χ2n) is 4.93. The summed E-state index contributed by atoms with van der Waals surface area (Å²) >= 11 is 0. The van der Waals surface area contributed by atoms with Crippen molar-refractivity contribution in [2.75, 3.05) is 31.1 Å².